The smallest absolute Gasteiger partial charge is 0.317 e. The number of urea groups is 1. The molecule has 1 aromatic carbocycles. The van der Waals surface area contributed by atoms with Gasteiger partial charge in [0, 0.05) is 25.5 Å². The molecular weight excluding hydrogens is 311 g/mol. The van der Waals surface area contributed by atoms with Crippen LogP contribution in [0.4, 0.5) is 9.18 Å². The Morgan fingerprint density at radius 3 is 2.79 bits per heavy atom. The molecule has 6 nitrogen and oxygen atoms in total. The van der Waals surface area contributed by atoms with E-state index in [9.17, 15) is 9.18 Å². The molecule has 0 aliphatic carbocycles. The Balaban J connectivity index is 1.50. The molecule has 1 aliphatic rings. The Hall–Kier alpha value is -2.70. The summed E-state index contributed by atoms with van der Waals surface area (Å²) in [5.41, 5.74) is 0.854. The topological polar surface area (TPSA) is 67.4 Å². The number of amides is 2. The number of nitrogens with zero attached hydrogens (tertiary/aromatic N) is 3. The molecular formula is C17H19FN4O2. The lowest BCUT2D eigenvalue weighted by molar-refractivity contribution is 0.0938. The lowest BCUT2D eigenvalue weighted by Crippen LogP contribution is -2.48. The van der Waals surface area contributed by atoms with Gasteiger partial charge in [0.15, 0.2) is 0 Å². The monoisotopic (exact) mass is 330 g/mol. The van der Waals surface area contributed by atoms with Crippen molar-refractivity contribution in [2.24, 2.45) is 0 Å². The van der Waals surface area contributed by atoms with Gasteiger partial charge in [-0.3, -0.25) is 0 Å². The highest BCUT2D eigenvalue weighted by molar-refractivity contribution is 5.74. The van der Waals surface area contributed by atoms with Crippen molar-refractivity contribution in [1.82, 2.24) is 20.2 Å². The minimum absolute atomic E-state index is 0.113. The van der Waals surface area contributed by atoms with Crippen LogP contribution in [0.1, 0.15) is 18.4 Å². The highest BCUT2D eigenvalue weighted by Crippen LogP contribution is 2.15. The highest BCUT2D eigenvalue weighted by Gasteiger charge is 2.25. The summed E-state index contributed by atoms with van der Waals surface area (Å²) in [5, 5.41) is 2.85. The number of rotatable bonds is 4. The number of benzene rings is 1. The second kappa shape index (κ2) is 7.72. The number of aromatic nitrogens is 2. The van der Waals surface area contributed by atoms with Gasteiger partial charge in [-0.05, 0) is 36.6 Å². The Bertz CT molecular complexity index is 666. The van der Waals surface area contributed by atoms with Gasteiger partial charge in [0.25, 0.3) is 0 Å². The van der Waals surface area contributed by atoms with Gasteiger partial charge in [-0.1, -0.05) is 12.1 Å². The maximum Gasteiger partial charge on any atom is 0.317 e. The van der Waals surface area contributed by atoms with Crippen LogP contribution in [-0.4, -0.2) is 40.1 Å². The number of likely N-dealkylation sites (tertiary alicyclic amines) is 1. The summed E-state index contributed by atoms with van der Waals surface area (Å²) < 4.78 is 18.6. The summed E-state index contributed by atoms with van der Waals surface area (Å²) in [7, 11) is 0. The Morgan fingerprint density at radius 2 is 2.04 bits per heavy atom. The lowest BCUT2D eigenvalue weighted by Gasteiger charge is -2.32. The summed E-state index contributed by atoms with van der Waals surface area (Å²) in [4.78, 5) is 22.1. The summed E-state index contributed by atoms with van der Waals surface area (Å²) in [6.45, 7) is 1.54. The molecule has 1 N–H and O–H groups in total. The van der Waals surface area contributed by atoms with Gasteiger partial charge in [-0.2, -0.15) is 0 Å². The molecule has 0 saturated carbocycles. The molecule has 0 bridgehead atoms. The van der Waals surface area contributed by atoms with Crippen LogP contribution in [0.5, 0.6) is 6.01 Å². The minimum atomic E-state index is -0.288. The average Bonchev–Trinajstić information content (AvgIpc) is 2.62. The van der Waals surface area contributed by atoms with Crippen LogP contribution in [0.25, 0.3) is 0 Å². The minimum Gasteiger partial charge on any atom is -0.458 e. The summed E-state index contributed by atoms with van der Waals surface area (Å²) in [6.07, 6.45) is 4.86. The maximum absolute atomic E-state index is 12.9. The molecule has 1 saturated heterocycles. The van der Waals surface area contributed by atoms with E-state index in [1.807, 2.05) is 0 Å². The van der Waals surface area contributed by atoms with Gasteiger partial charge < -0.3 is 15.0 Å². The predicted molar refractivity (Wildman–Crippen MR) is 85.9 cm³/mol. The molecule has 2 aromatic rings. The molecule has 1 atom stereocenters. The molecule has 1 aliphatic heterocycles. The predicted octanol–water partition coefficient (Wildman–Crippen LogP) is 2.37. The first kappa shape index (κ1) is 16.2. The number of nitrogens with one attached hydrogen (secondary N) is 1. The fourth-order valence-corrected chi connectivity index (χ4v) is 2.61. The summed E-state index contributed by atoms with van der Waals surface area (Å²) in [5.74, 6) is -0.288. The number of halogens is 1. The van der Waals surface area contributed by atoms with Crippen molar-refractivity contribution in [2.75, 3.05) is 13.1 Å². The molecule has 126 valence electrons. The third kappa shape index (κ3) is 4.41. The number of carbonyl (C=O) groups is 1. The van der Waals surface area contributed by atoms with Crippen LogP contribution in [0.15, 0.2) is 42.7 Å². The largest absolute Gasteiger partial charge is 0.458 e. The number of hydrogen-bond donors (Lipinski definition) is 1. The molecule has 7 heteroatoms. The zero-order valence-corrected chi connectivity index (χ0v) is 13.2. The summed E-state index contributed by atoms with van der Waals surface area (Å²) >= 11 is 0. The van der Waals surface area contributed by atoms with Crippen LogP contribution in [0.2, 0.25) is 0 Å². The molecule has 1 aromatic heterocycles. The molecule has 1 unspecified atom stereocenters. The van der Waals surface area contributed by atoms with E-state index in [1.54, 1.807) is 35.5 Å². The van der Waals surface area contributed by atoms with Crippen molar-refractivity contribution in [3.05, 3.63) is 54.1 Å². The van der Waals surface area contributed by atoms with E-state index in [1.165, 1.54) is 12.1 Å². The van der Waals surface area contributed by atoms with Crippen LogP contribution in [0.3, 0.4) is 0 Å². The zero-order valence-electron chi connectivity index (χ0n) is 13.2. The van der Waals surface area contributed by atoms with Gasteiger partial charge in [-0.15, -0.1) is 0 Å². The van der Waals surface area contributed by atoms with E-state index in [-0.39, 0.29) is 18.0 Å². The molecule has 1 fully saturated rings. The van der Waals surface area contributed by atoms with E-state index in [4.69, 9.17) is 4.74 Å². The Kier molecular flexibility index (Phi) is 5.20. The van der Waals surface area contributed by atoms with E-state index >= 15 is 0 Å². The van der Waals surface area contributed by atoms with Crippen molar-refractivity contribution in [3.63, 3.8) is 0 Å². The molecule has 3 rings (SSSR count). The maximum atomic E-state index is 12.9. The van der Waals surface area contributed by atoms with E-state index in [0.717, 1.165) is 18.4 Å². The SMILES string of the molecule is O=C(NCc1ccc(F)cc1)N1CCCC(Oc2ncccn2)C1. The molecule has 24 heavy (non-hydrogen) atoms. The molecule has 2 heterocycles. The Morgan fingerprint density at radius 1 is 1.29 bits per heavy atom. The van der Waals surface area contributed by atoms with Crippen LogP contribution in [-0.2, 0) is 6.54 Å². The van der Waals surface area contributed by atoms with Gasteiger partial charge in [0.05, 0.1) is 6.54 Å². The van der Waals surface area contributed by atoms with E-state index in [0.29, 0.717) is 25.6 Å². The lowest BCUT2D eigenvalue weighted by atomic mass is 10.1. The van der Waals surface area contributed by atoms with Crippen molar-refractivity contribution < 1.29 is 13.9 Å². The van der Waals surface area contributed by atoms with E-state index in [2.05, 4.69) is 15.3 Å². The van der Waals surface area contributed by atoms with Crippen LogP contribution in [0, 0.1) is 5.82 Å². The van der Waals surface area contributed by atoms with E-state index < -0.39 is 0 Å². The third-order valence-electron chi connectivity index (χ3n) is 3.84. The third-order valence-corrected chi connectivity index (χ3v) is 3.84. The molecule has 0 radical (unpaired) electrons. The van der Waals surface area contributed by atoms with Crippen molar-refractivity contribution >= 4 is 6.03 Å². The second-order valence-corrected chi connectivity index (χ2v) is 5.64. The van der Waals surface area contributed by atoms with Crippen LogP contribution < -0.4 is 10.1 Å². The number of ether oxygens (including phenoxy) is 1. The first-order chi connectivity index (χ1) is 11.7. The standard InChI is InChI=1S/C17H19FN4O2/c18-14-6-4-13(5-7-14)11-21-17(23)22-10-1-3-15(12-22)24-16-19-8-2-9-20-16/h2,4-9,15H,1,3,10-12H2,(H,21,23). The quantitative estimate of drug-likeness (QED) is 0.934. The molecule has 2 amide bonds. The second-order valence-electron chi connectivity index (χ2n) is 5.64. The number of carbonyl (C=O) groups excluding carboxylic acids is 1. The number of hydrogen-bond acceptors (Lipinski definition) is 4. The van der Waals surface area contributed by atoms with Gasteiger partial charge in [0.1, 0.15) is 11.9 Å². The molecule has 0 spiro atoms. The fraction of sp³-hybridized carbons (Fsp3) is 0.353. The van der Waals surface area contributed by atoms with Gasteiger partial charge in [-0.25, -0.2) is 19.2 Å². The Labute approximate surface area is 139 Å². The number of piperidine rings is 1. The highest BCUT2D eigenvalue weighted by atomic mass is 19.1. The van der Waals surface area contributed by atoms with Crippen molar-refractivity contribution in [2.45, 2.75) is 25.5 Å². The van der Waals surface area contributed by atoms with Crippen LogP contribution >= 0.6 is 0 Å². The first-order valence-electron chi connectivity index (χ1n) is 7.91. The van der Waals surface area contributed by atoms with Gasteiger partial charge >= 0.3 is 12.0 Å². The van der Waals surface area contributed by atoms with Crippen molar-refractivity contribution in [1.29, 1.82) is 0 Å². The first-order valence-corrected chi connectivity index (χ1v) is 7.91. The zero-order chi connectivity index (χ0) is 16.8. The fourth-order valence-electron chi connectivity index (χ4n) is 2.61. The average molecular weight is 330 g/mol. The normalized spacial score (nSPS) is 17.4. The summed E-state index contributed by atoms with van der Waals surface area (Å²) in [6, 6.07) is 7.98. The van der Waals surface area contributed by atoms with Gasteiger partial charge in [0.2, 0.25) is 0 Å². The van der Waals surface area contributed by atoms with Crippen molar-refractivity contribution in [3.8, 4) is 6.01 Å².